The van der Waals surface area contributed by atoms with Crippen molar-refractivity contribution in [2.45, 2.75) is 49.8 Å². The summed E-state index contributed by atoms with van der Waals surface area (Å²) >= 11 is 1.92. The molecule has 2 atom stereocenters. The molecule has 1 aliphatic rings. The highest BCUT2D eigenvalue weighted by Crippen LogP contribution is 2.24. The molecule has 132 valence electrons. The van der Waals surface area contributed by atoms with Crippen molar-refractivity contribution in [2.75, 3.05) is 12.3 Å². The van der Waals surface area contributed by atoms with Gasteiger partial charge >= 0.3 is 12.0 Å². The Morgan fingerprint density at radius 3 is 2.71 bits per heavy atom. The van der Waals surface area contributed by atoms with Crippen LogP contribution in [0.5, 0.6) is 0 Å². The Labute approximate surface area is 147 Å². The third-order valence-corrected chi connectivity index (χ3v) is 5.53. The van der Waals surface area contributed by atoms with Crippen LogP contribution in [0.25, 0.3) is 0 Å². The van der Waals surface area contributed by atoms with Gasteiger partial charge in [-0.15, -0.1) is 0 Å². The van der Waals surface area contributed by atoms with E-state index in [0.717, 1.165) is 12.0 Å². The predicted octanol–water partition coefficient (Wildman–Crippen LogP) is 3.05. The van der Waals surface area contributed by atoms with Crippen LogP contribution < -0.4 is 10.6 Å². The van der Waals surface area contributed by atoms with Gasteiger partial charge in [0.15, 0.2) is 0 Å². The van der Waals surface area contributed by atoms with Crippen LogP contribution in [0.2, 0.25) is 0 Å². The fourth-order valence-electron chi connectivity index (χ4n) is 2.83. The molecule has 1 fully saturated rings. The lowest BCUT2D eigenvalue weighted by atomic mass is 10.0. The minimum Gasteiger partial charge on any atom is -0.481 e. The second-order valence-corrected chi connectivity index (χ2v) is 7.57. The van der Waals surface area contributed by atoms with E-state index in [1.807, 2.05) is 42.1 Å². The lowest BCUT2D eigenvalue weighted by Gasteiger charge is -2.23. The van der Waals surface area contributed by atoms with E-state index in [4.69, 9.17) is 5.11 Å². The van der Waals surface area contributed by atoms with E-state index >= 15 is 0 Å². The molecule has 1 aliphatic heterocycles. The summed E-state index contributed by atoms with van der Waals surface area (Å²) in [5, 5.41) is 15.3. The van der Waals surface area contributed by atoms with Gasteiger partial charge in [0, 0.05) is 24.3 Å². The molecule has 0 spiro atoms. The van der Waals surface area contributed by atoms with Crippen LogP contribution in [-0.4, -0.2) is 40.7 Å². The quantitative estimate of drug-likeness (QED) is 0.673. The number of thioether (sulfide) groups is 1. The molecular formula is C18H26N2O3S. The Morgan fingerprint density at radius 2 is 2.04 bits per heavy atom. The van der Waals surface area contributed by atoms with Crippen molar-refractivity contribution < 1.29 is 14.7 Å². The molecule has 1 heterocycles. The molecule has 2 unspecified atom stereocenters. The minimum atomic E-state index is -0.839. The summed E-state index contributed by atoms with van der Waals surface area (Å²) in [5.41, 5.74) is 1.09. The first-order valence-electron chi connectivity index (χ1n) is 8.55. The van der Waals surface area contributed by atoms with Gasteiger partial charge in [-0.3, -0.25) is 4.79 Å². The third kappa shape index (κ3) is 7.25. The molecule has 6 heteroatoms. The summed E-state index contributed by atoms with van der Waals surface area (Å²) in [6.07, 6.45) is 4.76. The Balaban J connectivity index is 1.81. The zero-order valence-corrected chi connectivity index (χ0v) is 14.7. The number of urea groups is 1. The van der Waals surface area contributed by atoms with Gasteiger partial charge < -0.3 is 15.7 Å². The monoisotopic (exact) mass is 350 g/mol. The topological polar surface area (TPSA) is 78.4 Å². The molecule has 1 aromatic rings. The van der Waals surface area contributed by atoms with E-state index in [2.05, 4.69) is 10.6 Å². The maximum atomic E-state index is 12.2. The summed E-state index contributed by atoms with van der Waals surface area (Å²) in [6, 6.07) is 9.44. The predicted molar refractivity (Wildman–Crippen MR) is 97.4 cm³/mol. The average Bonchev–Trinajstić information content (AvgIpc) is 2.60. The molecule has 2 rings (SSSR count). The van der Waals surface area contributed by atoms with Crippen molar-refractivity contribution in [1.29, 1.82) is 0 Å². The molecule has 0 saturated carbocycles. The largest absolute Gasteiger partial charge is 0.481 e. The van der Waals surface area contributed by atoms with E-state index in [9.17, 15) is 9.59 Å². The number of carbonyl (C=O) groups is 2. The highest BCUT2D eigenvalue weighted by atomic mass is 32.2. The van der Waals surface area contributed by atoms with Gasteiger partial charge in [0.1, 0.15) is 0 Å². The average molecular weight is 350 g/mol. The third-order valence-electron chi connectivity index (χ3n) is 4.13. The normalized spacial score (nSPS) is 18.6. The van der Waals surface area contributed by atoms with Gasteiger partial charge in [-0.2, -0.15) is 11.8 Å². The van der Waals surface area contributed by atoms with Crippen molar-refractivity contribution in [3.05, 3.63) is 35.9 Å². The number of aliphatic carboxylic acids is 1. The molecule has 3 N–H and O–H groups in total. The Hall–Kier alpha value is -1.69. The Kier molecular flexibility index (Phi) is 7.95. The van der Waals surface area contributed by atoms with Gasteiger partial charge in [-0.1, -0.05) is 36.8 Å². The van der Waals surface area contributed by atoms with E-state index in [1.54, 1.807) is 0 Å². The standard InChI is InChI=1S/C18H26N2O3S/c21-17(22)10-9-15(12-14-6-2-1-3-7-14)20-18(23)19-13-16-8-4-5-11-24-16/h1-3,6-7,15-16H,4-5,8-13H2,(H,21,22)(H2,19,20,23). The maximum absolute atomic E-state index is 12.2. The zero-order chi connectivity index (χ0) is 17.2. The van der Waals surface area contributed by atoms with E-state index < -0.39 is 5.97 Å². The van der Waals surface area contributed by atoms with Gasteiger partial charge in [-0.05, 0) is 37.0 Å². The number of hydrogen-bond acceptors (Lipinski definition) is 3. The van der Waals surface area contributed by atoms with E-state index in [-0.39, 0.29) is 18.5 Å². The summed E-state index contributed by atoms with van der Waals surface area (Å²) in [5.74, 6) is 0.331. The van der Waals surface area contributed by atoms with Crippen molar-refractivity contribution in [2.24, 2.45) is 0 Å². The van der Waals surface area contributed by atoms with Crippen LogP contribution in [0.1, 0.15) is 37.7 Å². The highest BCUT2D eigenvalue weighted by molar-refractivity contribution is 7.99. The fraction of sp³-hybridized carbons (Fsp3) is 0.556. The van der Waals surface area contributed by atoms with Crippen molar-refractivity contribution in [3.8, 4) is 0 Å². The van der Waals surface area contributed by atoms with Gasteiger partial charge in [0.25, 0.3) is 0 Å². The second kappa shape index (κ2) is 10.2. The fourth-order valence-corrected chi connectivity index (χ4v) is 4.07. The number of benzene rings is 1. The minimum absolute atomic E-state index is 0.0518. The smallest absolute Gasteiger partial charge is 0.315 e. The zero-order valence-electron chi connectivity index (χ0n) is 13.9. The molecule has 1 aromatic carbocycles. The van der Waals surface area contributed by atoms with Crippen LogP contribution in [0, 0.1) is 0 Å². The van der Waals surface area contributed by atoms with Gasteiger partial charge in [0.05, 0.1) is 0 Å². The first kappa shape index (κ1) is 18.6. The van der Waals surface area contributed by atoms with Gasteiger partial charge in [0.2, 0.25) is 0 Å². The molecular weight excluding hydrogens is 324 g/mol. The van der Waals surface area contributed by atoms with Crippen LogP contribution in [-0.2, 0) is 11.2 Å². The summed E-state index contributed by atoms with van der Waals surface area (Å²) in [7, 11) is 0. The van der Waals surface area contributed by atoms with Crippen LogP contribution in [0.15, 0.2) is 30.3 Å². The van der Waals surface area contributed by atoms with Crippen LogP contribution in [0.4, 0.5) is 4.79 Å². The number of nitrogens with one attached hydrogen (secondary N) is 2. The van der Waals surface area contributed by atoms with E-state index in [1.165, 1.54) is 18.6 Å². The highest BCUT2D eigenvalue weighted by Gasteiger charge is 2.17. The molecule has 0 bridgehead atoms. The van der Waals surface area contributed by atoms with Crippen molar-refractivity contribution in [3.63, 3.8) is 0 Å². The van der Waals surface area contributed by atoms with Crippen molar-refractivity contribution in [1.82, 2.24) is 10.6 Å². The summed E-state index contributed by atoms with van der Waals surface area (Å²) in [6.45, 7) is 0.674. The summed E-state index contributed by atoms with van der Waals surface area (Å²) in [4.78, 5) is 23.0. The number of carboxylic acids is 1. The lowest BCUT2D eigenvalue weighted by molar-refractivity contribution is -0.137. The molecule has 24 heavy (non-hydrogen) atoms. The molecule has 0 aromatic heterocycles. The number of carbonyl (C=O) groups excluding carboxylic acids is 1. The van der Waals surface area contributed by atoms with Crippen LogP contribution >= 0.6 is 11.8 Å². The number of hydrogen-bond donors (Lipinski definition) is 3. The molecule has 0 aliphatic carbocycles. The Bertz CT molecular complexity index is 518. The van der Waals surface area contributed by atoms with Gasteiger partial charge in [-0.25, -0.2) is 4.79 Å². The van der Waals surface area contributed by atoms with Crippen molar-refractivity contribution >= 4 is 23.8 Å². The molecule has 5 nitrogen and oxygen atoms in total. The lowest BCUT2D eigenvalue weighted by Crippen LogP contribution is -2.45. The SMILES string of the molecule is O=C(O)CCC(Cc1ccccc1)NC(=O)NCC1CCCCS1. The number of carboxylic acid groups (broad SMARTS) is 1. The molecule has 1 saturated heterocycles. The number of amides is 2. The second-order valence-electron chi connectivity index (χ2n) is 6.16. The molecule has 0 radical (unpaired) electrons. The Morgan fingerprint density at radius 1 is 1.25 bits per heavy atom. The van der Waals surface area contributed by atoms with Crippen LogP contribution in [0.3, 0.4) is 0 Å². The maximum Gasteiger partial charge on any atom is 0.315 e. The first-order valence-corrected chi connectivity index (χ1v) is 9.60. The van der Waals surface area contributed by atoms with E-state index in [0.29, 0.717) is 24.6 Å². The number of rotatable bonds is 8. The molecule has 2 amide bonds. The first-order chi connectivity index (χ1) is 11.6. The summed E-state index contributed by atoms with van der Waals surface area (Å²) < 4.78 is 0.